The zero-order valence-corrected chi connectivity index (χ0v) is 18.8. The number of amides is 1. The SMILES string of the molecule is CC1(CC(=O)O)C[C@H](c2cccc(Cl)c2)[C@@H](c2ccc(Cl)cc2)N(C2C=CCC2)C1=O. The number of carbonyl (C=O) groups is 2. The molecule has 1 amide bonds. The predicted molar refractivity (Wildman–Crippen MR) is 122 cm³/mol. The molecule has 31 heavy (non-hydrogen) atoms. The van der Waals surface area contributed by atoms with E-state index < -0.39 is 11.4 Å². The molecule has 1 aliphatic heterocycles. The lowest BCUT2D eigenvalue weighted by Crippen LogP contribution is -2.55. The van der Waals surface area contributed by atoms with Crippen LogP contribution in [-0.4, -0.2) is 27.9 Å². The van der Waals surface area contributed by atoms with E-state index >= 15 is 0 Å². The van der Waals surface area contributed by atoms with Gasteiger partial charge in [0.25, 0.3) is 0 Å². The summed E-state index contributed by atoms with van der Waals surface area (Å²) < 4.78 is 0. The topological polar surface area (TPSA) is 57.6 Å². The summed E-state index contributed by atoms with van der Waals surface area (Å²) in [6.07, 6.45) is 6.12. The number of allylic oxidation sites excluding steroid dienone is 1. The molecule has 1 fully saturated rings. The van der Waals surface area contributed by atoms with Crippen LogP contribution in [0.15, 0.2) is 60.7 Å². The fraction of sp³-hybridized carbons (Fsp3) is 0.360. The second-order valence-corrected chi connectivity index (χ2v) is 9.65. The van der Waals surface area contributed by atoms with Crippen LogP contribution < -0.4 is 0 Å². The molecule has 2 aromatic carbocycles. The molecule has 4 rings (SSSR count). The highest BCUT2D eigenvalue weighted by molar-refractivity contribution is 6.30. The molecule has 2 unspecified atom stereocenters. The van der Waals surface area contributed by atoms with E-state index in [1.54, 1.807) is 6.92 Å². The van der Waals surface area contributed by atoms with E-state index in [0.29, 0.717) is 16.5 Å². The molecule has 0 radical (unpaired) electrons. The summed E-state index contributed by atoms with van der Waals surface area (Å²) >= 11 is 12.5. The standard InChI is InChI=1S/C25H25Cl2NO3/c1-25(15-22(29)30)14-21(17-5-4-6-19(27)13-17)23(16-9-11-18(26)12-10-16)28(24(25)31)20-7-2-3-8-20/h2,4-7,9-13,20-21,23H,3,8,14-15H2,1H3,(H,29,30)/t20?,21-,23-,25?/m1/s1. The first kappa shape index (κ1) is 21.9. The summed E-state index contributed by atoms with van der Waals surface area (Å²) in [7, 11) is 0. The number of halogens is 2. The van der Waals surface area contributed by atoms with E-state index in [-0.39, 0.29) is 30.3 Å². The highest BCUT2D eigenvalue weighted by Crippen LogP contribution is 2.52. The van der Waals surface area contributed by atoms with Gasteiger partial charge >= 0.3 is 5.97 Å². The summed E-state index contributed by atoms with van der Waals surface area (Å²) in [5.41, 5.74) is 0.988. The number of piperidine rings is 1. The number of likely N-dealkylation sites (tertiary alicyclic amines) is 1. The van der Waals surface area contributed by atoms with Gasteiger partial charge in [0.2, 0.25) is 5.91 Å². The van der Waals surface area contributed by atoms with Crippen LogP contribution in [0, 0.1) is 5.41 Å². The van der Waals surface area contributed by atoms with Crippen molar-refractivity contribution in [2.45, 2.75) is 50.6 Å². The summed E-state index contributed by atoms with van der Waals surface area (Å²) in [5, 5.41) is 10.8. The molecule has 0 spiro atoms. The fourth-order valence-corrected chi connectivity index (χ4v) is 5.42. The Kier molecular flexibility index (Phi) is 6.14. The summed E-state index contributed by atoms with van der Waals surface area (Å²) in [6.45, 7) is 1.78. The third-order valence-electron chi connectivity index (χ3n) is 6.48. The minimum atomic E-state index is -1.00. The number of aliphatic carboxylic acids is 1. The Morgan fingerprint density at radius 2 is 1.87 bits per heavy atom. The van der Waals surface area contributed by atoms with Crippen molar-refractivity contribution in [3.8, 4) is 0 Å². The maximum atomic E-state index is 13.8. The van der Waals surface area contributed by atoms with Crippen molar-refractivity contribution in [1.29, 1.82) is 0 Å². The molecule has 6 heteroatoms. The van der Waals surface area contributed by atoms with Crippen LogP contribution in [0.4, 0.5) is 0 Å². The average Bonchev–Trinajstić information content (AvgIpc) is 3.24. The molecular formula is C25H25Cl2NO3. The first-order valence-electron chi connectivity index (χ1n) is 10.5. The zero-order chi connectivity index (χ0) is 22.2. The molecule has 2 aliphatic rings. The second kappa shape index (κ2) is 8.68. The van der Waals surface area contributed by atoms with Gasteiger partial charge in [-0.25, -0.2) is 0 Å². The van der Waals surface area contributed by atoms with E-state index in [4.69, 9.17) is 23.2 Å². The maximum Gasteiger partial charge on any atom is 0.304 e. The van der Waals surface area contributed by atoms with Gasteiger partial charge in [0.15, 0.2) is 0 Å². The molecule has 2 aromatic rings. The minimum absolute atomic E-state index is 0.0664. The van der Waals surface area contributed by atoms with Gasteiger partial charge in [-0.1, -0.05) is 66.5 Å². The van der Waals surface area contributed by atoms with Crippen molar-refractivity contribution in [2.24, 2.45) is 5.41 Å². The van der Waals surface area contributed by atoms with Crippen molar-refractivity contribution >= 4 is 35.1 Å². The minimum Gasteiger partial charge on any atom is -0.481 e. The summed E-state index contributed by atoms with van der Waals surface area (Å²) in [5.74, 6) is -1.17. The molecule has 4 nitrogen and oxygen atoms in total. The van der Waals surface area contributed by atoms with Gasteiger partial charge in [0.1, 0.15) is 0 Å². The molecule has 1 N–H and O–H groups in total. The quantitative estimate of drug-likeness (QED) is 0.539. The highest BCUT2D eigenvalue weighted by Gasteiger charge is 2.52. The first-order valence-corrected chi connectivity index (χ1v) is 11.3. The van der Waals surface area contributed by atoms with E-state index in [0.717, 1.165) is 24.0 Å². The normalized spacial score (nSPS) is 28.2. The van der Waals surface area contributed by atoms with Gasteiger partial charge < -0.3 is 10.0 Å². The number of benzene rings is 2. The third-order valence-corrected chi connectivity index (χ3v) is 6.96. The van der Waals surface area contributed by atoms with Crippen molar-refractivity contribution in [1.82, 2.24) is 4.90 Å². The lowest BCUT2D eigenvalue weighted by Gasteiger charge is -2.51. The van der Waals surface area contributed by atoms with Crippen LogP contribution in [0.3, 0.4) is 0 Å². The van der Waals surface area contributed by atoms with Crippen LogP contribution in [-0.2, 0) is 9.59 Å². The Labute approximate surface area is 192 Å². The number of hydrogen-bond acceptors (Lipinski definition) is 2. The van der Waals surface area contributed by atoms with Gasteiger partial charge in [-0.2, -0.15) is 0 Å². The number of hydrogen-bond donors (Lipinski definition) is 1. The molecule has 1 heterocycles. The van der Waals surface area contributed by atoms with Gasteiger partial charge in [-0.05, 0) is 54.7 Å². The lowest BCUT2D eigenvalue weighted by atomic mass is 9.67. The van der Waals surface area contributed by atoms with Crippen molar-refractivity contribution in [2.75, 3.05) is 0 Å². The second-order valence-electron chi connectivity index (χ2n) is 8.78. The lowest BCUT2D eigenvalue weighted by molar-refractivity contribution is -0.159. The monoisotopic (exact) mass is 457 g/mol. The van der Waals surface area contributed by atoms with Crippen LogP contribution in [0.25, 0.3) is 0 Å². The molecule has 0 aromatic heterocycles. The summed E-state index contributed by atoms with van der Waals surface area (Å²) in [4.78, 5) is 27.5. The van der Waals surface area contributed by atoms with E-state index in [1.807, 2.05) is 53.4 Å². The molecule has 162 valence electrons. The van der Waals surface area contributed by atoms with Crippen LogP contribution in [0.2, 0.25) is 10.0 Å². The zero-order valence-electron chi connectivity index (χ0n) is 17.3. The smallest absolute Gasteiger partial charge is 0.304 e. The molecule has 0 saturated carbocycles. The van der Waals surface area contributed by atoms with Crippen molar-refractivity contribution in [3.63, 3.8) is 0 Å². The Morgan fingerprint density at radius 3 is 2.48 bits per heavy atom. The van der Waals surface area contributed by atoms with Crippen molar-refractivity contribution in [3.05, 3.63) is 81.9 Å². The van der Waals surface area contributed by atoms with Crippen LogP contribution in [0.5, 0.6) is 0 Å². The Morgan fingerprint density at radius 1 is 1.13 bits per heavy atom. The van der Waals surface area contributed by atoms with Crippen molar-refractivity contribution < 1.29 is 14.7 Å². The molecule has 4 atom stereocenters. The van der Waals surface area contributed by atoms with E-state index in [2.05, 4.69) is 12.2 Å². The van der Waals surface area contributed by atoms with E-state index in [1.165, 1.54) is 0 Å². The molecule has 0 bridgehead atoms. The molecule has 1 aliphatic carbocycles. The Hall–Kier alpha value is -2.30. The van der Waals surface area contributed by atoms with Gasteiger partial charge in [-0.15, -0.1) is 0 Å². The fourth-order valence-electron chi connectivity index (χ4n) is 5.09. The number of carboxylic acid groups (broad SMARTS) is 1. The largest absolute Gasteiger partial charge is 0.481 e. The van der Waals surface area contributed by atoms with E-state index in [9.17, 15) is 14.7 Å². The Balaban J connectivity index is 1.88. The van der Waals surface area contributed by atoms with Gasteiger partial charge in [0.05, 0.1) is 23.9 Å². The van der Waals surface area contributed by atoms with Crippen LogP contribution in [0.1, 0.15) is 55.7 Å². The third kappa shape index (κ3) is 4.37. The number of nitrogens with zero attached hydrogens (tertiary/aromatic N) is 1. The van der Waals surface area contributed by atoms with Gasteiger partial charge in [-0.3, -0.25) is 9.59 Å². The first-order chi connectivity index (χ1) is 14.8. The molecule has 1 saturated heterocycles. The summed E-state index contributed by atoms with van der Waals surface area (Å²) in [6, 6.07) is 15.0. The number of rotatable bonds is 5. The average molecular weight is 458 g/mol. The number of carbonyl (C=O) groups excluding carboxylic acids is 1. The highest BCUT2D eigenvalue weighted by atomic mass is 35.5. The Bertz CT molecular complexity index is 1020. The maximum absolute atomic E-state index is 13.8. The predicted octanol–water partition coefficient (Wildman–Crippen LogP) is 6.25. The van der Waals surface area contributed by atoms with Gasteiger partial charge in [0, 0.05) is 16.0 Å². The van der Waals surface area contributed by atoms with Crippen LogP contribution >= 0.6 is 23.2 Å². The molecular weight excluding hydrogens is 433 g/mol. The number of carboxylic acids is 1.